The van der Waals surface area contributed by atoms with Crippen molar-refractivity contribution in [3.05, 3.63) is 69.1 Å². The van der Waals surface area contributed by atoms with Crippen LogP contribution < -0.4 is 5.32 Å². The topological polar surface area (TPSA) is 61.6 Å². The van der Waals surface area contributed by atoms with E-state index in [2.05, 4.69) is 21.4 Å². The maximum absolute atomic E-state index is 9.49. The minimum Gasteiger partial charge on any atom is -0.348 e. The van der Waals surface area contributed by atoms with Gasteiger partial charge in [0.15, 0.2) is 0 Å². The molecule has 0 unspecified atom stereocenters. The lowest BCUT2D eigenvalue weighted by atomic mass is 10.1. The van der Waals surface area contributed by atoms with Crippen molar-refractivity contribution in [1.82, 2.24) is 15.3 Å². The first-order chi connectivity index (χ1) is 10.7. The number of halogens is 1. The van der Waals surface area contributed by atoms with Gasteiger partial charge in [0.1, 0.15) is 11.6 Å². The maximum atomic E-state index is 9.49. The summed E-state index contributed by atoms with van der Waals surface area (Å²) in [4.78, 5) is 8.17. The van der Waals surface area contributed by atoms with Gasteiger partial charge >= 0.3 is 0 Å². The van der Waals surface area contributed by atoms with Crippen LogP contribution in [0.1, 0.15) is 17.0 Å². The fourth-order valence-corrected chi connectivity index (χ4v) is 3.16. The third kappa shape index (κ3) is 2.98. The van der Waals surface area contributed by atoms with Crippen molar-refractivity contribution in [2.75, 3.05) is 0 Å². The second-order valence-electron chi connectivity index (χ2n) is 4.62. The Morgan fingerprint density at radius 2 is 2.05 bits per heavy atom. The molecule has 4 nitrogen and oxygen atoms in total. The predicted molar refractivity (Wildman–Crippen MR) is 89.5 cm³/mol. The third-order valence-electron chi connectivity index (χ3n) is 3.05. The Labute approximate surface area is 137 Å². The number of benzene rings is 1. The summed E-state index contributed by atoms with van der Waals surface area (Å²) in [5.41, 5.74) is 3.74. The van der Waals surface area contributed by atoms with E-state index in [1.165, 1.54) is 11.8 Å². The zero-order valence-corrected chi connectivity index (χ0v) is 13.2. The van der Waals surface area contributed by atoms with Crippen LogP contribution in [0, 0.1) is 18.3 Å². The van der Waals surface area contributed by atoms with Crippen molar-refractivity contribution < 1.29 is 0 Å². The lowest BCUT2D eigenvalue weighted by molar-refractivity contribution is 1.08. The number of hydrogen-bond donors (Lipinski definition) is 1. The van der Waals surface area contributed by atoms with Gasteiger partial charge in [-0.2, -0.15) is 5.26 Å². The monoisotopic (exact) mass is 326 g/mol. The molecule has 0 aliphatic carbocycles. The van der Waals surface area contributed by atoms with Crippen LogP contribution in [-0.2, 0) is 0 Å². The molecule has 3 rings (SSSR count). The van der Waals surface area contributed by atoms with Crippen molar-refractivity contribution in [1.29, 1.82) is 5.26 Å². The molecule has 1 N–H and O–H groups in total. The van der Waals surface area contributed by atoms with E-state index in [9.17, 15) is 5.26 Å². The summed E-state index contributed by atoms with van der Waals surface area (Å²) in [6.07, 6.45) is 0. The second kappa shape index (κ2) is 6.22. The Morgan fingerprint density at radius 3 is 2.73 bits per heavy atom. The predicted octanol–water partition coefficient (Wildman–Crippen LogP) is 3.97. The normalized spacial score (nSPS) is 15.8. The van der Waals surface area contributed by atoms with Crippen LogP contribution in [0.2, 0.25) is 5.28 Å². The fourth-order valence-electron chi connectivity index (χ4n) is 2.06. The fraction of sp³-hybridized carbons (Fsp3) is 0.0625. The van der Waals surface area contributed by atoms with Crippen molar-refractivity contribution in [2.45, 2.75) is 6.92 Å². The molecule has 0 atom stereocenters. The Kier molecular flexibility index (Phi) is 4.14. The largest absolute Gasteiger partial charge is 0.348 e. The maximum Gasteiger partial charge on any atom is 0.223 e. The first-order valence-corrected chi connectivity index (χ1v) is 7.78. The van der Waals surface area contributed by atoms with E-state index in [-0.39, 0.29) is 5.28 Å². The Morgan fingerprint density at radius 1 is 1.27 bits per heavy atom. The van der Waals surface area contributed by atoms with Crippen molar-refractivity contribution in [3.8, 4) is 6.07 Å². The quantitative estimate of drug-likeness (QED) is 0.668. The molecule has 1 aromatic carbocycles. The molecule has 1 aromatic heterocycles. The average molecular weight is 327 g/mol. The summed E-state index contributed by atoms with van der Waals surface area (Å²) in [6, 6.07) is 13.9. The Hall–Kier alpha value is -2.29. The highest BCUT2D eigenvalue weighted by Crippen LogP contribution is 2.34. The highest BCUT2D eigenvalue weighted by atomic mass is 35.5. The van der Waals surface area contributed by atoms with E-state index in [0.29, 0.717) is 11.3 Å². The zero-order valence-electron chi connectivity index (χ0n) is 11.7. The lowest BCUT2D eigenvalue weighted by Crippen LogP contribution is -2.07. The van der Waals surface area contributed by atoms with Gasteiger partial charge in [0.05, 0.1) is 16.4 Å². The summed E-state index contributed by atoms with van der Waals surface area (Å²) in [6.45, 7) is 1.82. The first kappa shape index (κ1) is 14.6. The molecule has 0 saturated carbocycles. The molecule has 0 radical (unpaired) electrons. The SMILES string of the molecule is Cc1cc(/C(C#N)=C2/NC(c3ccccc3)=CS2)nc(Cl)n1. The van der Waals surface area contributed by atoms with E-state index in [0.717, 1.165) is 22.0 Å². The number of nitrogens with one attached hydrogen (secondary N) is 1. The number of aryl methyl sites for hydroxylation is 1. The van der Waals surface area contributed by atoms with Crippen molar-refractivity contribution in [3.63, 3.8) is 0 Å². The van der Waals surface area contributed by atoms with E-state index >= 15 is 0 Å². The van der Waals surface area contributed by atoms with E-state index in [4.69, 9.17) is 11.6 Å². The van der Waals surface area contributed by atoms with Crippen LogP contribution in [0.4, 0.5) is 0 Å². The molecule has 0 fully saturated rings. The van der Waals surface area contributed by atoms with Crippen LogP contribution in [0.25, 0.3) is 11.3 Å². The number of thioether (sulfide) groups is 1. The molecule has 1 aliphatic heterocycles. The second-order valence-corrected chi connectivity index (χ2v) is 5.84. The standard InChI is InChI=1S/C16H11ClN4S/c1-10-7-13(21-16(17)19-10)12(8-18)15-20-14(9-22-15)11-5-3-2-4-6-11/h2-7,9,20H,1H3/b15-12-. The number of nitrogens with zero attached hydrogens (tertiary/aromatic N) is 3. The van der Waals surface area contributed by atoms with E-state index < -0.39 is 0 Å². The minimum atomic E-state index is 0.141. The molecular formula is C16H11ClN4S. The van der Waals surface area contributed by atoms with Gasteiger partial charge in [-0.05, 0) is 30.2 Å². The first-order valence-electron chi connectivity index (χ1n) is 6.52. The zero-order chi connectivity index (χ0) is 15.5. The summed E-state index contributed by atoms with van der Waals surface area (Å²) < 4.78 is 0. The summed E-state index contributed by atoms with van der Waals surface area (Å²) in [5.74, 6) is 0. The van der Waals surface area contributed by atoms with Gasteiger partial charge in [-0.25, -0.2) is 9.97 Å². The summed E-state index contributed by atoms with van der Waals surface area (Å²) >= 11 is 7.35. The van der Waals surface area contributed by atoms with Gasteiger partial charge in [-0.1, -0.05) is 42.1 Å². The summed E-state index contributed by atoms with van der Waals surface area (Å²) in [7, 11) is 0. The number of rotatable bonds is 2. The van der Waals surface area contributed by atoms with Crippen LogP contribution in [0.3, 0.4) is 0 Å². The van der Waals surface area contributed by atoms with Crippen molar-refractivity contribution >= 4 is 34.6 Å². The van der Waals surface area contributed by atoms with Gasteiger partial charge in [0, 0.05) is 11.1 Å². The van der Waals surface area contributed by atoms with Gasteiger partial charge in [-0.3, -0.25) is 0 Å². The molecule has 2 aromatic rings. The molecule has 0 bridgehead atoms. The molecule has 6 heteroatoms. The average Bonchev–Trinajstić information content (AvgIpc) is 2.98. The van der Waals surface area contributed by atoms with Gasteiger partial charge in [0.25, 0.3) is 0 Å². The minimum absolute atomic E-state index is 0.141. The molecule has 1 aliphatic rings. The van der Waals surface area contributed by atoms with Gasteiger partial charge in [0.2, 0.25) is 5.28 Å². The number of hydrogen-bond acceptors (Lipinski definition) is 5. The molecule has 0 saturated heterocycles. The van der Waals surface area contributed by atoms with E-state index in [1.54, 1.807) is 6.07 Å². The summed E-state index contributed by atoms with van der Waals surface area (Å²) in [5, 5.41) is 15.6. The van der Waals surface area contributed by atoms with Gasteiger partial charge in [-0.15, -0.1) is 0 Å². The van der Waals surface area contributed by atoms with Crippen LogP contribution in [0.5, 0.6) is 0 Å². The smallest absolute Gasteiger partial charge is 0.223 e. The highest BCUT2D eigenvalue weighted by Gasteiger charge is 2.18. The molecule has 2 heterocycles. The molecule has 22 heavy (non-hydrogen) atoms. The molecule has 0 amide bonds. The molecule has 0 spiro atoms. The van der Waals surface area contributed by atoms with Crippen LogP contribution >= 0.6 is 23.4 Å². The molecular weight excluding hydrogens is 316 g/mol. The Balaban J connectivity index is 1.95. The van der Waals surface area contributed by atoms with Crippen LogP contribution in [-0.4, -0.2) is 9.97 Å². The van der Waals surface area contributed by atoms with Crippen molar-refractivity contribution in [2.24, 2.45) is 0 Å². The van der Waals surface area contributed by atoms with Gasteiger partial charge < -0.3 is 5.32 Å². The number of aromatic nitrogens is 2. The highest BCUT2D eigenvalue weighted by molar-refractivity contribution is 8.06. The lowest BCUT2D eigenvalue weighted by Gasteiger charge is -2.07. The Bertz CT molecular complexity index is 802. The van der Waals surface area contributed by atoms with Crippen LogP contribution in [0.15, 0.2) is 46.8 Å². The number of allylic oxidation sites excluding steroid dienone is 1. The van der Waals surface area contributed by atoms with E-state index in [1.807, 2.05) is 42.7 Å². The molecule has 108 valence electrons. The third-order valence-corrected chi connectivity index (χ3v) is 4.11. The number of nitriles is 1.